The predicted octanol–water partition coefficient (Wildman–Crippen LogP) is 3.49. The Bertz CT molecular complexity index is 608. The molecule has 2 rings (SSSR count). The molecule has 0 aliphatic heterocycles. The first kappa shape index (κ1) is 14.9. The van der Waals surface area contributed by atoms with E-state index >= 15 is 0 Å². The first-order valence-electron chi connectivity index (χ1n) is 6.71. The third kappa shape index (κ3) is 3.99. The molecule has 0 aromatic heterocycles. The summed E-state index contributed by atoms with van der Waals surface area (Å²) in [5.74, 6) is 1.06. The molecule has 0 unspecified atom stereocenters. The Kier molecular flexibility index (Phi) is 4.48. The van der Waals surface area contributed by atoms with Crippen LogP contribution in [0.15, 0.2) is 54.6 Å². The highest BCUT2D eigenvalue weighted by atomic mass is 16.5. The monoisotopic (exact) mass is 285 g/mol. The van der Waals surface area contributed by atoms with E-state index in [1.54, 1.807) is 33.1 Å². The zero-order valence-corrected chi connectivity index (χ0v) is 12.4. The van der Waals surface area contributed by atoms with E-state index in [0.717, 1.165) is 5.69 Å². The third-order valence-corrected chi connectivity index (χ3v) is 2.99. The minimum atomic E-state index is -0.998. The molecule has 4 nitrogen and oxygen atoms in total. The summed E-state index contributed by atoms with van der Waals surface area (Å²) in [6.07, 6.45) is 0. The lowest BCUT2D eigenvalue weighted by molar-refractivity contribution is -0.128. The van der Waals surface area contributed by atoms with Crippen LogP contribution in [0.4, 0.5) is 5.69 Å². The number of nitrogens with one attached hydrogen (secondary N) is 1. The van der Waals surface area contributed by atoms with Crippen LogP contribution in [0.3, 0.4) is 0 Å². The maximum Gasteiger partial charge on any atom is 0.267 e. The van der Waals surface area contributed by atoms with Crippen LogP contribution >= 0.6 is 0 Å². The molecular formula is C17H19NO3. The van der Waals surface area contributed by atoms with Crippen molar-refractivity contribution < 1.29 is 14.3 Å². The van der Waals surface area contributed by atoms with Crippen LogP contribution in [0.25, 0.3) is 0 Å². The van der Waals surface area contributed by atoms with E-state index in [1.165, 1.54) is 0 Å². The van der Waals surface area contributed by atoms with Gasteiger partial charge in [-0.3, -0.25) is 4.79 Å². The Morgan fingerprint density at radius 1 is 1.00 bits per heavy atom. The van der Waals surface area contributed by atoms with Crippen molar-refractivity contribution >= 4 is 11.6 Å². The van der Waals surface area contributed by atoms with Gasteiger partial charge in [0.05, 0.1) is 7.11 Å². The largest absolute Gasteiger partial charge is 0.497 e. The minimum Gasteiger partial charge on any atom is -0.497 e. The number of carbonyl (C=O) groups excluding carboxylic acids is 1. The Hall–Kier alpha value is -2.49. The molecule has 0 saturated carbocycles. The molecule has 21 heavy (non-hydrogen) atoms. The van der Waals surface area contributed by atoms with Crippen molar-refractivity contribution in [1.82, 2.24) is 0 Å². The second kappa shape index (κ2) is 6.31. The Morgan fingerprint density at radius 3 is 2.33 bits per heavy atom. The summed E-state index contributed by atoms with van der Waals surface area (Å²) in [7, 11) is 1.59. The van der Waals surface area contributed by atoms with E-state index < -0.39 is 5.60 Å². The van der Waals surface area contributed by atoms with Gasteiger partial charge in [-0.25, -0.2) is 0 Å². The van der Waals surface area contributed by atoms with E-state index in [2.05, 4.69) is 5.32 Å². The number of anilines is 1. The van der Waals surface area contributed by atoms with E-state index in [0.29, 0.717) is 11.5 Å². The minimum absolute atomic E-state index is 0.212. The van der Waals surface area contributed by atoms with Crippen LogP contribution in [-0.4, -0.2) is 18.6 Å². The normalized spacial score (nSPS) is 10.8. The van der Waals surface area contributed by atoms with Crippen LogP contribution in [0.5, 0.6) is 11.5 Å². The van der Waals surface area contributed by atoms with Crippen molar-refractivity contribution in [1.29, 1.82) is 0 Å². The molecule has 0 atom stereocenters. The van der Waals surface area contributed by atoms with Crippen LogP contribution in [0.2, 0.25) is 0 Å². The van der Waals surface area contributed by atoms with Crippen molar-refractivity contribution in [2.45, 2.75) is 19.4 Å². The average Bonchev–Trinajstić information content (AvgIpc) is 2.48. The van der Waals surface area contributed by atoms with Crippen molar-refractivity contribution in [3.63, 3.8) is 0 Å². The number of amides is 1. The molecule has 0 radical (unpaired) electrons. The van der Waals surface area contributed by atoms with Crippen LogP contribution in [-0.2, 0) is 4.79 Å². The summed E-state index contributed by atoms with van der Waals surface area (Å²) in [4.78, 5) is 12.3. The quantitative estimate of drug-likeness (QED) is 0.914. The molecule has 0 saturated heterocycles. The highest BCUT2D eigenvalue weighted by Gasteiger charge is 2.30. The van der Waals surface area contributed by atoms with Gasteiger partial charge >= 0.3 is 0 Å². The van der Waals surface area contributed by atoms with Gasteiger partial charge < -0.3 is 14.8 Å². The summed E-state index contributed by atoms with van der Waals surface area (Å²) >= 11 is 0. The van der Waals surface area contributed by atoms with Gasteiger partial charge in [-0.2, -0.15) is 0 Å². The SMILES string of the molecule is COc1cccc(OC(C)(C)C(=O)Nc2ccccc2)c1. The molecule has 1 amide bonds. The lowest BCUT2D eigenvalue weighted by Crippen LogP contribution is -2.42. The number of para-hydroxylation sites is 1. The van der Waals surface area contributed by atoms with Crippen LogP contribution < -0.4 is 14.8 Å². The van der Waals surface area contributed by atoms with Gasteiger partial charge in [-0.1, -0.05) is 24.3 Å². The van der Waals surface area contributed by atoms with Gasteiger partial charge in [0.15, 0.2) is 5.60 Å². The summed E-state index contributed by atoms with van der Waals surface area (Å²) in [6, 6.07) is 16.5. The molecular weight excluding hydrogens is 266 g/mol. The van der Waals surface area contributed by atoms with Crippen LogP contribution in [0, 0.1) is 0 Å². The van der Waals surface area contributed by atoms with Crippen molar-refractivity contribution in [3.8, 4) is 11.5 Å². The van der Waals surface area contributed by atoms with Crippen LogP contribution in [0.1, 0.15) is 13.8 Å². The van der Waals surface area contributed by atoms with E-state index in [4.69, 9.17) is 9.47 Å². The summed E-state index contributed by atoms with van der Waals surface area (Å²) in [5.41, 5.74) is -0.257. The van der Waals surface area contributed by atoms with Gasteiger partial charge in [-0.05, 0) is 38.1 Å². The van der Waals surface area contributed by atoms with Crippen molar-refractivity contribution in [3.05, 3.63) is 54.6 Å². The molecule has 2 aromatic rings. The smallest absolute Gasteiger partial charge is 0.267 e. The summed E-state index contributed by atoms with van der Waals surface area (Å²) in [5, 5.41) is 2.84. The zero-order chi connectivity index (χ0) is 15.3. The second-order valence-corrected chi connectivity index (χ2v) is 5.11. The summed E-state index contributed by atoms with van der Waals surface area (Å²) < 4.78 is 10.9. The molecule has 0 aliphatic rings. The third-order valence-electron chi connectivity index (χ3n) is 2.99. The fourth-order valence-electron chi connectivity index (χ4n) is 1.81. The number of ether oxygens (including phenoxy) is 2. The standard InChI is InChI=1S/C17H19NO3/c1-17(2,16(19)18-13-8-5-4-6-9-13)21-15-11-7-10-14(12-15)20-3/h4-12H,1-3H3,(H,18,19). The van der Waals surface area contributed by atoms with Gasteiger partial charge in [0.1, 0.15) is 11.5 Å². The Labute approximate surface area is 124 Å². The second-order valence-electron chi connectivity index (χ2n) is 5.11. The number of benzene rings is 2. The first-order chi connectivity index (χ1) is 10.0. The zero-order valence-electron chi connectivity index (χ0n) is 12.4. The van der Waals surface area contributed by atoms with Gasteiger partial charge in [-0.15, -0.1) is 0 Å². The average molecular weight is 285 g/mol. The topological polar surface area (TPSA) is 47.6 Å². The van der Waals surface area contributed by atoms with E-state index in [-0.39, 0.29) is 5.91 Å². The number of methoxy groups -OCH3 is 1. The molecule has 0 heterocycles. The van der Waals surface area contributed by atoms with Gasteiger partial charge in [0, 0.05) is 11.8 Å². The molecule has 2 aromatic carbocycles. The van der Waals surface area contributed by atoms with Crippen molar-refractivity contribution in [2.24, 2.45) is 0 Å². The van der Waals surface area contributed by atoms with E-state index in [1.807, 2.05) is 42.5 Å². The maximum atomic E-state index is 12.3. The number of hydrogen-bond acceptors (Lipinski definition) is 3. The summed E-state index contributed by atoms with van der Waals surface area (Å²) in [6.45, 7) is 3.45. The van der Waals surface area contributed by atoms with Crippen molar-refractivity contribution in [2.75, 3.05) is 12.4 Å². The lowest BCUT2D eigenvalue weighted by atomic mass is 10.1. The number of hydrogen-bond donors (Lipinski definition) is 1. The first-order valence-corrected chi connectivity index (χ1v) is 6.71. The molecule has 0 spiro atoms. The van der Waals surface area contributed by atoms with Gasteiger partial charge in [0.2, 0.25) is 0 Å². The Morgan fingerprint density at radius 2 is 1.67 bits per heavy atom. The molecule has 4 heteroatoms. The fourth-order valence-corrected chi connectivity index (χ4v) is 1.81. The lowest BCUT2D eigenvalue weighted by Gasteiger charge is -2.25. The molecule has 110 valence electrons. The highest BCUT2D eigenvalue weighted by molar-refractivity contribution is 5.96. The van der Waals surface area contributed by atoms with E-state index in [9.17, 15) is 4.79 Å². The molecule has 0 fully saturated rings. The molecule has 0 aliphatic carbocycles. The maximum absolute atomic E-state index is 12.3. The predicted molar refractivity (Wildman–Crippen MR) is 82.8 cm³/mol. The highest BCUT2D eigenvalue weighted by Crippen LogP contribution is 2.24. The molecule has 0 bridgehead atoms. The molecule has 1 N–H and O–H groups in total. The number of rotatable bonds is 5. The number of carbonyl (C=O) groups is 1. The van der Waals surface area contributed by atoms with Gasteiger partial charge in [0.25, 0.3) is 5.91 Å². The fraction of sp³-hybridized carbons (Fsp3) is 0.235. The Balaban J connectivity index is 2.08.